The van der Waals surface area contributed by atoms with E-state index in [2.05, 4.69) is 10.2 Å². The van der Waals surface area contributed by atoms with Crippen molar-refractivity contribution in [2.45, 2.75) is 6.61 Å². The predicted octanol–water partition coefficient (Wildman–Crippen LogP) is 5.68. The van der Waals surface area contributed by atoms with Crippen LogP contribution in [0.3, 0.4) is 0 Å². The van der Waals surface area contributed by atoms with Gasteiger partial charge in [-0.1, -0.05) is 54.1 Å². The second-order valence-electron chi connectivity index (χ2n) is 6.78. The lowest BCUT2D eigenvalue weighted by atomic mass is 10.0. The quantitative estimate of drug-likeness (QED) is 0.206. The van der Waals surface area contributed by atoms with E-state index < -0.39 is 5.97 Å². The molecule has 6 nitrogen and oxygen atoms in total. The van der Waals surface area contributed by atoms with Crippen LogP contribution < -0.4 is 4.74 Å². The van der Waals surface area contributed by atoms with Gasteiger partial charge in [-0.2, -0.15) is 0 Å². The average Bonchev–Trinajstić information content (AvgIpc) is 3.31. The minimum atomic E-state index is -0.509. The SMILES string of the molecule is COc1cccc(C=C(C(=O)OCc2nnc(-c3ccc(Cl)cc3)o2)c2ccccc2)c1. The number of halogens is 1. The zero-order valence-corrected chi connectivity index (χ0v) is 18.0. The van der Waals surface area contributed by atoms with Gasteiger partial charge < -0.3 is 13.9 Å². The molecule has 0 saturated carbocycles. The average molecular weight is 447 g/mol. The Kier molecular flexibility index (Phi) is 6.63. The fourth-order valence-corrected chi connectivity index (χ4v) is 3.13. The smallest absolute Gasteiger partial charge is 0.339 e. The van der Waals surface area contributed by atoms with Gasteiger partial charge >= 0.3 is 5.97 Å². The number of esters is 1. The van der Waals surface area contributed by atoms with Crippen LogP contribution in [-0.4, -0.2) is 23.3 Å². The molecule has 32 heavy (non-hydrogen) atoms. The van der Waals surface area contributed by atoms with Crippen molar-refractivity contribution in [3.05, 3.63) is 101 Å². The third kappa shape index (κ3) is 5.22. The van der Waals surface area contributed by atoms with Crippen LogP contribution in [0.5, 0.6) is 5.75 Å². The molecule has 0 spiro atoms. The van der Waals surface area contributed by atoms with Crippen LogP contribution >= 0.6 is 11.6 Å². The molecular formula is C25H19ClN2O4. The summed E-state index contributed by atoms with van der Waals surface area (Å²) in [6.45, 7) is -0.151. The second-order valence-corrected chi connectivity index (χ2v) is 7.22. The van der Waals surface area contributed by atoms with E-state index in [1.54, 1.807) is 37.5 Å². The van der Waals surface area contributed by atoms with Crippen LogP contribution in [0.15, 0.2) is 83.3 Å². The molecule has 0 radical (unpaired) electrons. The van der Waals surface area contributed by atoms with E-state index in [0.29, 0.717) is 22.2 Å². The molecule has 4 aromatic rings. The molecule has 0 aliphatic carbocycles. The lowest BCUT2D eigenvalue weighted by Crippen LogP contribution is -2.07. The van der Waals surface area contributed by atoms with Gasteiger partial charge in [0.25, 0.3) is 5.89 Å². The van der Waals surface area contributed by atoms with Gasteiger partial charge in [-0.25, -0.2) is 4.79 Å². The Bertz CT molecular complexity index is 1230. The number of carbonyl (C=O) groups excluding carboxylic acids is 1. The number of hydrogen-bond donors (Lipinski definition) is 0. The van der Waals surface area contributed by atoms with E-state index in [1.165, 1.54) is 0 Å². The highest BCUT2D eigenvalue weighted by atomic mass is 35.5. The van der Waals surface area contributed by atoms with E-state index in [4.69, 9.17) is 25.5 Å². The molecule has 160 valence electrons. The number of benzene rings is 3. The molecule has 0 atom stereocenters. The van der Waals surface area contributed by atoms with Gasteiger partial charge in [0.05, 0.1) is 12.7 Å². The largest absolute Gasteiger partial charge is 0.497 e. The van der Waals surface area contributed by atoms with Crippen LogP contribution in [-0.2, 0) is 16.1 Å². The summed E-state index contributed by atoms with van der Waals surface area (Å²) in [5.74, 6) is 0.699. The lowest BCUT2D eigenvalue weighted by molar-refractivity contribution is -0.138. The minimum Gasteiger partial charge on any atom is -0.497 e. The van der Waals surface area contributed by atoms with Crippen molar-refractivity contribution < 1.29 is 18.7 Å². The van der Waals surface area contributed by atoms with Crippen LogP contribution in [0.25, 0.3) is 23.1 Å². The van der Waals surface area contributed by atoms with E-state index in [1.807, 2.05) is 54.6 Å². The van der Waals surface area contributed by atoms with Gasteiger partial charge in [0.2, 0.25) is 5.89 Å². The molecule has 0 bridgehead atoms. The monoisotopic (exact) mass is 446 g/mol. The van der Waals surface area contributed by atoms with Crippen LogP contribution in [0, 0.1) is 0 Å². The molecule has 1 heterocycles. The predicted molar refractivity (Wildman–Crippen MR) is 122 cm³/mol. The lowest BCUT2D eigenvalue weighted by Gasteiger charge is -2.08. The summed E-state index contributed by atoms with van der Waals surface area (Å²) in [6.07, 6.45) is 1.76. The van der Waals surface area contributed by atoms with Crippen molar-refractivity contribution >= 4 is 29.2 Å². The van der Waals surface area contributed by atoms with Crippen molar-refractivity contribution in [2.24, 2.45) is 0 Å². The fraction of sp³-hybridized carbons (Fsp3) is 0.0800. The van der Waals surface area contributed by atoms with E-state index in [9.17, 15) is 4.79 Å². The summed E-state index contributed by atoms with van der Waals surface area (Å²) in [6, 6.07) is 23.7. The van der Waals surface area contributed by atoms with Crippen molar-refractivity contribution in [1.29, 1.82) is 0 Å². The highest BCUT2D eigenvalue weighted by Crippen LogP contribution is 2.24. The maximum atomic E-state index is 13.0. The Hall–Kier alpha value is -3.90. The van der Waals surface area contributed by atoms with Crippen LogP contribution in [0.4, 0.5) is 0 Å². The molecule has 0 fully saturated rings. The zero-order chi connectivity index (χ0) is 22.3. The van der Waals surface area contributed by atoms with Crippen LogP contribution in [0.1, 0.15) is 17.0 Å². The number of hydrogen-bond acceptors (Lipinski definition) is 6. The first kappa shape index (κ1) is 21.3. The molecule has 1 aromatic heterocycles. The Balaban J connectivity index is 1.53. The third-order valence-corrected chi connectivity index (χ3v) is 4.85. The van der Waals surface area contributed by atoms with E-state index in [-0.39, 0.29) is 12.5 Å². The highest BCUT2D eigenvalue weighted by Gasteiger charge is 2.16. The Morgan fingerprint density at radius 3 is 2.53 bits per heavy atom. The number of nitrogens with zero attached hydrogens (tertiary/aromatic N) is 2. The summed E-state index contributed by atoms with van der Waals surface area (Å²) in [5.41, 5.74) is 2.66. The maximum absolute atomic E-state index is 13.0. The number of aromatic nitrogens is 2. The summed E-state index contributed by atoms with van der Waals surface area (Å²) in [7, 11) is 1.60. The number of methoxy groups -OCH3 is 1. The molecule has 3 aromatic carbocycles. The van der Waals surface area contributed by atoms with E-state index >= 15 is 0 Å². The van der Waals surface area contributed by atoms with Gasteiger partial charge in [-0.3, -0.25) is 0 Å². The molecule has 0 aliphatic rings. The summed E-state index contributed by atoms with van der Waals surface area (Å²) in [4.78, 5) is 13.0. The number of ether oxygens (including phenoxy) is 2. The molecule has 7 heteroatoms. The normalized spacial score (nSPS) is 11.2. The molecule has 0 aliphatic heterocycles. The zero-order valence-electron chi connectivity index (χ0n) is 17.2. The van der Waals surface area contributed by atoms with Gasteiger partial charge in [0.15, 0.2) is 6.61 Å². The topological polar surface area (TPSA) is 74.5 Å². The van der Waals surface area contributed by atoms with Crippen LogP contribution in [0.2, 0.25) is 5.02 Å². The maximum Gasteiger partial charge on any atom is 0.339 e. The van der Waals surface area contributed by atoms with Gasteiger partial charge in [0.1, 0.15) is 5.75 Å². The molecule has 0 amide bonds. The first-order valence-corrected chi connectivity index (χ1v) is 10.2. The summed E-state index contributed by atoms with van der Waals surface area (Å²) in [5, 5.41) is 8.58. The Labute approximate surface area is 190 Å². The molecular weight excluding hydrogens is 428 g/mol. The standard InChI is InChI=1S/C25H19ClN2O4/c1-30-21-9-5-6-17(14-21)15-22(18-7-3-2-4-8-18)25(29)31-16-23-27-28-24(32-23)19-10-12-20(26)13-11-19/h2-15H,16H2,1H3. The van der Waals surface area contributed by atoms with Crippen molar-refractivity contribution in [2.75, 3.05) is 7.11 Å². The highest BCUT2D eigenvalue weighted by molar-refractivity contribution is 6.30. The number of carbonyl (C=O) groups is 1. The fourth-order valence-electron chi connectivity index (χ4n) is 3.00. The molecule has 0 N–H and O–H groups in total. The first-order valence-electron chi connectivity index (χ1n) is 9.79. The minimum absolute atomic E-state index is 0.151. The van der Waals surface area contributed by atoms with Crippen molar-refractivity contribution in [3.63, 3.8) is 0 Å². The Morgan fingerprint density at radius 1 is 1.00 bits per heavy atom. The summed E-state index contributed by atoms with van der Waals surface area (Å²) >= 11 is 5.91. The molecule has 0 saturated heterocycles. The van der Waals surface area contributed by atoms with Crippen molar-refractivity contribution in [3.8, 4) is 17.2 Å². The van der Waals surface area contributed by atoms with Gasteiger partial charge in [0, 0.05) is 10.6 Å². The van der Waals surface area contributed by atoms with Gasteiger partial charge in [-0.05, 0) is 53.6 Å². The second kappa shape index (κ2) is 9.94. The first-order chi connectivity index (χ1) is 15.6. The summed E-state index contributed by atoms with van der Waals surface area (Å²) < 4.78 is 16.4. The van der Waals surface area contributed by atoms with E-state index in [0.717, 1.165) is 16.7 Å². The van der Waals surface area contributed by atoms with Gasteiger partial charge in [-0.15, -0.1) is 10.2 Å². The number of rotatable bonds is 7. The Morgan fingerprint density at radius 2 is 1.78 bits per heavy atom. The third-order valence-electron chi connectivity index (χ3n) is 4.59. The molecule has 0 unspecified atom stereocenters. The van der Waals surface area contributed by atoms with Crippen molar-refractivity contribution in [1.82, 2.24) is 10.2 Å². The molecule has 4 rings (SSSR count).